The zero-order chi connectivity index (χ0) is 20.4. The molecule has 29 heavy (non-hydrogen) atoms. The lowest BCUT2D eigenvalue weighted by Crippen LogP contribution is -2.59. The van der Waals surface area contributed by atoms with E-state index < -0.39 is 0 Å². The molecule has 0 radical (unpaired) electrons. The lowest BCUT2D eigenvalue weighted by atomic mass is 9.47. The molecule has 5 rings (SSSR count). The maximum absolute atomic E-state index is 13.4. The minimum Gasteiger partial charge on any atom is -0.508 e. The van der Waals surface area contributed by atoms with Gasteiger partial charge in [-0.3, -0.25) is 9.59 Å². The van der Waals surface area contributed by atoms with Gasteiger partial charge in [0.05, 0.1) is 0 Å². The molecule has 1 aromatic rings. The van der Waals surface area contributed by atoms with Crippen molar-refractivity contribution in [2.24, 2.45) is 34.5 Å². The van der Waals surface area contributed by atoms with Crippen molar-refractivity contribution in [2.45, 2.75) is 58.4 Å². The van der Waals surface area contributed by atoms with E-state index in [0.717, 1.165) is 38.5 Å². The number of fused-ring (bicyclic) bond motifs is 5. The fraction of sp³-hybridized carbons (Fsp3) is 0.600. The van der Waals surface area contributed by atoms with E-state index in [-0.39, 0.29) is 40.2 Å². The number of hydrogen-bond acceptors (Lipinski definition) is 3. The van der Waals surface area contributed by atoms with E-state index in [2.05, 4.69) is 25.2 Å². The molecule has 0 saturated heterocycles. The minimum atomic E-state index is 0.0332. The van der Waals surface area contributed by atoms with Gasteiger partial charge in [-0.1, -0.05) is 32.1 Å². The summed E-state index contributed by atoms with van der Waals surface area (Å²) in [7, 11) is 0. The molecule has 3 saturated carbocycles. The Kier molecular flexibility index (Phi) is 4.20. The first kappa shape index (κ1) is 18.9. The molecule has 2 N–H and O–H groups in total. The Hall–Kier alpha value is -2.10. The maximum Gasteiger partial charge on any atom is 0.243 e. The van der Waals surface area contributed by atoms with Crippen molar-refractivity contribution in [2.75, 3.05) is 0 Å². The highest BCUT2D eigenvalue weighted by atomic mass is 16.3. The molecular weight excluding hydrogens is 362 g/mol. The molecule has 154 valence electrons. The van der Waals surface area contributed by atoms with Gasteiger partial charge in [0, 0.05) is 22.9 Å². The Morgan fingerprint density at radius 2 is 1.93 bits per heavy atom. The lowest BCUT2D eigenvalue weighted by molar-refractivity contribution is -0.122. The quantitative estimate of drug-likeness (QED) is 0.728. The number of nitrogens with one attached hydrogen (secondary N) is 1. The lowest BCUT2D eigenvalue weighted by Gasteiger charge is -2.58. The van der Waals surface area contributed by atoms with Crippen LogP contribution in [0.5, 0.6) is 5.75 Å². The van der Waals surface area contributed by atoms with Gasteiger partial charge in [0.25, 0.3) is 0 Å². The zero-order valence-corrected chi connectivity index (χ0v) is 17.4. The molecule has 7 atom stereocenters. The molecule has 4 nitrogen and oxygen atoms in total. The van der Waals surface area contributed by atoms with E-state index >= 15 is 0 Å². The summed E-state index contributed by atoms with van der Waals surface area (Å²) in [4.78, 5) is 25.3. The molecule has 0 unspecified atom stereocenters. The fourth-order valence-corrected chi connectivity index (χ4v) is 7.62. The van der Waals surface area contributed by atoms with E-state index in [4.69, 9.17) is 0 Å². The Morgan fingerprint density at radius 3 is 2.72 bits per heavy atom. The average Bonchev–Trinajstić information content (AvgIpc) is 3.05. The number of benzene rings is 1. The number of carbonyl (C=O) groups excluding carboxylic acids is 2. The standard InChI is InChI=1S/C25H31NO3/c1-24-12-10-19-17(6-9-21-25(19,2)13-11-22(28)26-21)18(24)7-8-20(24)23(29)15-4-3-5-16(27)14-15/h3-5,11,13-14,17-21,27H,6-10,12H2,1-2H3,(H,26,28)/t17-,18-,19-,20+,21+,24-,25+/m0/s1. The van der Waals surface area contributed by atoms with Crippen LogP contribution in [0.2, 0.25) is 0 Å². The molecular formula is C25H31NO3. The number of carbonyl (C=O) groups is 2. The van der Waals surface area contributed by atoms with Crippen molar-refractivity contribution in [1.82, 2.24) is 5.32 Å². The Balaban J connectivity index is 1.43. The highest BCUT2D eigenvalue weighted by Crippen LogP contribution is 2.65. The van der Waals surface area contributed by atoms with E-state index in [1.807, 2.05) is 6.07 Å². The highest BCUT2D eigenvalue weighted by Gasteiger charge is 2.60. The van der Waals surface area contributed by atoms with Crippen LogP contribution in [0.3, 0.4) is 0 Å². The molecule has 4 heteroatoms. The molecule has 1 aliphatic heterocycles. The normalized spacial score (nSPS) is 43.1. The predicted molar refractivity (Wildman–Crippen MR) is 111 cm³/mol. The number of rotatable bonds is 2. The Morgan fingerprint density at radius 1 is 1.10 bits per heavy atom. The number of Topliss-reactive ketones (excluding diaryl/α,β-unsaturated/α-hetero) is 1. The molecule has 1 amide bonds. The van der Waals surface area contributed by atoms with Crippen molar-refractivity contribution in [3.63, 3.8) is 0 Å². The summed E-state index contributed by atoms with van der Waals surface area (Å²) in [5, 5.41) is 13.0. The average molecular weight is 394 g/mol. The monoisotopic (exact) mass is 393 g/mol. The van der Waals surface area contributed by atoms with E-state index in [1.165, 1.54) is 0 Å². The molecule has 4 aliphatic rings. The van der Waals surface area contributed by atoms with Crippen molar-refractivity contribution in [1.29, 1.82) is 0 Å². The second kappa shape index (κ2) is 6.45. The van der Waals surface area contributed by atoms with Gasteiger partial charge in [0.2, 0.25) is 5.91 Å². The molecule has 3 aliphatic carbocycles. The van der Waals surface area contributed by atoms with Crippen LogP contribution in [0.4, 0.5) is 0 Å². The topological polar surface area (TPSA) is 66.4 Å². The van der Waals surface area contributed by atoms with E-state index in [1.54, 1.807) is 24.3 Å². The Labute approximate surface area is 172 Å². The highest BCUT2D eigenvalue weighted by molar-refractivity contribution is 5.99. The van der Waals surface area contributed by atoms with Gasteiger partial charge < -0.3 is 10.4 Å². The van der Waals surface area contributed by atoms with Gasteiger partial charge in [-0.15, -0.1) is 0 Å². The number of hydrogen-bond donors (Lipinski definition) is 2. The number of amides is 1. The molecule has 1 aromatic carbocycles. The second-order valence-corrected chi connectivity index (χ2v) is 10.3. The van der Waals surface area contributed by atoms with Crippen LogP contribution in [0.25, 0.3) is 0 Å². The minimum absolute atomic E-state index is 0.0332. The van der Waals surface area contributed by atoms with Gasteiger partial charge in [-0.05, 0) is 79.9 Å². The first-order chi connectivity index (χ1) is 13.8. The smallest absolute Gasteiger partial charge is 0.243 e. The van der Waals surface area contributed by atoms with Crippen LogP contribution in [0.15, 0.2) is 36.4 Å². The molecule has 0 aromatic heterocycles. The summed E-state index contributed by atoms with van der Waals surface area (Å²) in [5.41, 5.74) is 0.715. The van der Waals surface area contributed by atoms with Crippen LogP contribution in [0, 0.1) is 34.5 Å². The third-order valence-corrected chi connectivity index (χ3v) is 9.13. The second-order valence-electron chi connectivity index (χ2n) is 10.3. The van der Waals surface area contributed by atoms with Crippen LogP contribution in [0.1, 0.15) is 62.7 Å². The SMILES string of the molecule is C[C@]12C=CC(=O)N[C@@H]1CC[C@@H]1[C@@H]2CC[C@]2(C)[C@@H](C(=O)c3cccc(O)c3)CC[C@@H]12. The van der Waals surface area contributed by atoms with Gasteiger partial charge in [-0.25, -0.2) is 0 Å². The molecule has 0 bridgehead atoms. The summed E-state index contributed by atoms with van der Waals surface area (Å²) in [5.74, 6) is 2.22. The van der Waals surface area contributed by atoms with Crippen molar-refractivity contribution < 1.29 is 14.7 Å². The third kappa shape index (κ3) is 2.71. The molecule has 0 spiro atoms. The van der Waals surface area contributed by atoms with E-state index in [9.17, 15) is 14.7 Å². The first-order valence-electron chi connectivity index (χ1n) is 11.2. The van der Waals surface area contributed by atoms with Crippen molar-refractivity contribution >= 4 is 11.7 Å². The van der Waals surface area contributed by atoms with Crippen LogP contribution in [-0.2, 0) is 4.79 Å². The molecule has 3 fully saturated rings. The molecule has 1 heterocycles. The van der Waals surface area contributed by atoms with Gasteiger partial charge >= 0.3 is 0 Å². The first-order valence-corrected chi connectivity index (χ1v) is 11.2. The van der Waals surface area contributed by atoms with Crippen LogP contribution in [-0.4, -0.2) is 22.8 Å². The predicted octanol–water partition coefficient (Wildman–Crippen LogP) is 4.49. The number of phenolic OH excluding ortho intramolecular Hbond substituents is 1. The summed E-state index contributed by atoms with van der Waals surface area (Å²) in [6.45, 7) is 4.68. The zero-order valence-electron chi connectivity index (χ0n) is 17.4. The van der Waals surface area contributed by atoms with Gasteiger partial charge in [-0.2, -0.15) is 0 Å². The Bertz CT molecular complexity index is 892. The largest absolute Gasteiger partial charge is 0.508 e. The number of phenols is 1. The third-order valence-electron chi connectivity index (χ3n) is 9.13. The number of aromatic hydroxyl groups is 1. The number of ketones is 1. The van der Waals surface area contributed by atoms with Gasteiger partial charge in [0.1, 0.15) is 5.75 Å². The van der Waals surface area contributed by atoms with E-state index in [0.29, 0.717) is 23.3 Å². The van der Waals surface area contributed by atoms with Crippen molar-refractivity contribution in [3.05, 3.63) is 42.0 Å². The van der Waals surface area contributed by atoms with Crippen LogP contribution >= 0.6 is 0 Å². The van der Waals surface area contributed by atoms with Crippen LogP contribution < -0.4 is 5.32 Å². The summed E-state index contributed by atoms with van der Waals surface area (Å²) >= 11 is 0. The fourth-order valence-electron chi connectivity index (χ4n) is 7.62. The summed E-state index contributed by atoms with van der Waals surface area (Å²) in [6, 6.07) is 7.09. The van der Waals surface area contributed by atoms with Crippen molar-refractivity contribution in [3.8, 4) is 5.75 Å². The summed E-state index contributed by atoms with van der Waals surface area (Å²) in [6.07, 6.45) is 10.3. The van der Waals surface area contributed by atoms with Gasteiger partial charge in [0.15, 0.2) is 5.78 Å². The summed E-state index contributed by atoms with van der Waals surface area (Å²) < 4.78 is 0. The maximum atomic E-state index is 13.4.